The minimum atomic E-state index is -3.36. The third-order valence-electron chi connectivity index (χ3n) is 3.97. The van der Waals surface area contributed by atoms with Crippen LogP contribution in [0.4, 0.5) is 0 Å². The molecule has 0 amide bonds. The Morgan fingerprint density at radius 2 is 2.20 bits per heavy atom. The normalized spacial score (nSPS) is 24.9. The van der Waals surface area contributed by atoms with Gasteiger partial charge in [0.1, 0.15) is 0 Å². The second-order valence-corrected chi connectivity index (χ2v) is 7.63. The van der Waals surface area contributed by atoms with Crippen molar-refractivity contribution in [2.45, 2.75) is 51.1 Å². The van der Waals surface area contributed by atoms with E-state index < -0.39 is 10.0 Å². The summed E-state index contributed by atoms with van der Waals surface area (Å²) in [5.74, 6) is 0.604. The number of piperidine rings is 1. The van der Waals surface area contributed by atoms with Crippen LogP contribution in [0.25, 0.3) is 0 Å². The van der Waals surface area contributed by atoms with Crippen molar-refractivity contribution in [2.24, 2.45) is 5.92 Å². The average Bonchev–Trinajstić information content (AvgIpc) is 2.85. The van der Waals surface area contributed by atoms with Gasteiger partial charge in [0.15, 0.2) is 0 Å². The van der Waals surface area contributed by atoms with Crippen LogP contribution in [0, 0.1) is 5.92 Å². The summed E-state index contributed by atoms with van der Waals surface area (Å²) in [6.07, 6.45) is 3.49. The Bertz CT molecular complexity index is 538. The minimum absolute atomic E-state index is 0.0795. The first-order valence-electron chi connectivity index (χ1n) is 7.35. The zero-order chi connectivity index (χ0) is 14.8. The van der Waals surface area contributed by atoms with Crippen LogP contribution in [-0.2, 0) is 16.6 Å². The molecule has 0 aromatic carbocycles. The molecule has 1 fully saturated rings. The lowest BCUT2D eigenvalue weighted by Crippen LogP contribution is -2.43. The van der Waals surface area contributed by atoms with E-state index >= 15 is 0 Å². The molecule has 0 bridgehead atoms. The average molecular weight is 299 g/mol. The highest BCUT2D eigenvalue weighted by Gasteiger charge is 2.33. The standard InChI is InChI=1S/C14H25N3O2S/c1-4-15-9-13-8-14(10-16-13)20(18,19)17-6-5-11(2)7-12(17)3/h8,10-12,15-16H,4-7,9H2,1-3H3. The van der Waals surface area contributed by atoms with Crippen molar-refractivity contribution in [1.29, 1.82) is 0 Å². The van der Waals surface area contributed by atoms with E-state index in [1.165, 1.54) is 0 Å². The van der Waals surface area contributed by atoms with Gasteiger partial charge in [-0.05, 0) is 38.3 Å². The van der Waals surface area contributed by atoms with E-state index in [0.29, 0.717) is 23.9 Å². The van der Waals surface area contributed by atoms with Crippen LogP contribution >= 0.6 is 0 Å². The van der Waals surface area contributed by atoms with E-state index in [1.54, 1.807) is 16.6 Å². The van der Waals surface area contributed by atoms with Gasteiger partial charge in [-0.1, -0.05) is 13.8 Å². The van der Waals surface area contributed by atoms with Crippen molar-refractivity contribution in [3.63, 3.8) is 0 Å². The third kappa shape index (κ3) is 3.24. The van der Waals surface area contributed by atoms with Crippen LogP contribution in [0.2, 0.25) is 0 Å². The van der Waals surface area contributed by atoms with Gasteiger partial charge in [-0.15, -0.1) is 0 Å². The van der Waals surface area contributed by atoms with Gasteiger partial charge in [-0.3, -0.25) is 0 Å². The summed E-state index contributed by atoms with van der Waals surface area (Å²) in [4.78, 5) is 3.42. The second-order valence-electron chi connectivity index (χ2n) is 5.74. The van der Waals surface area contributed by atoms with E-state index in [9.17, 15) is 8.42 Å². The van der Waals surface area contributed by atoms with Gasteiger partial charge >= 0.3 is 0 Å². The van der Waals surface area contributed by atoms with E-state index in [-0.39, 0.29) is 6.04 Å². The number of H-pyrrole nitrogens is 1. The SMILES string of the molecule is CCNCc1cc(S(=O)(=O)N2CCC(C)CC2C)c[nH]1. The molecule has 0 spiro atoms. The number of nitrogens with zero attached hydrogens (tertiary/aromatic N) is 1. The highest BCUT2D eigenvalue weighted by Crippen LogP contribution is 2.28. The molecule has 2 unspecified atom stereocenters. The molecule has 20 heavy (non-hydrogen) atoms. The molecule has 2 N–H and O–H groups in total. The van der Waals surface area contributed by atoms with Crippen molar-refractivity contribution in [1.82, 2.24) is 14.6 Å². The number of nitrogens with one attached hydrogen (secondary N) is 2. The van der Waals surface area contributed by atoms with Crippen LogP contribution in [0.3, 0.4) is 0 Å². The van der Waals surface area contributed by atoms with Gasteiger partial charge < -0.3 is 10.3 Å². The lowest BCUT2D eigenvalue weighted by molar-refractivity contribution is 0.220. The topological polar surface area (TPSA) is 65.2 Å². The predicted octanol–water partition coefficient (Wildman–Crippen LogP) is 1.93. The predicted molar refractivity (Wildman–Crippen MR) is 79.9 cm³/mol. The molecule has 1 aromatic heterocycles. The maximum absolute atomic E-state index is 12.7. The van der Waals surface area contributed by atoms with E-state index in [2.05, 4.69) is 17.2 Å². The minimum Gasteiger partial charge on any atom is -0.363 e. The van der Waals surface area contributed by atoms with Gasteiger partial charge in [0.05, 0.1) is 4.90 Å². The number of aromatic amines is 1. The summed E-state index contributed by atoms with van der Waals surface area (Å²) in [6, 6.07) is 1.82. The maximum Gasteiger partial charge on any atom is 0.244 e. The van der Waals surface area contributed by atoms with Crippen LogP contribution in [-0.4, -0.2) is 36.8 Å². The third-order valence-corrected chi connectivity index (χ3v) is 5.96. The second kappa shape index (κ2) is 6.28. The van der Waals surface area contributed by atoms with Crippen molar-refractivity contribution >= 4 is 10.0 Å². The first-order valence-corrected chi connectivity index (χ1v) is 8.79. The highest BCUT2D eigenvalue weighted by atomic mass is 32.2. The molecule has 1 aliphatic heterocycles. The first kappa shape index (κ1) is 15.5. The van der Waals surface area contributed by atoms with E-state index in [1.807, 2.05) is 13.8 Å². The molecular formula is C14H25N3O2S. The molecule has 0 aliphatic carbocycles. The summed E-state index contributed by atoms with van der Waals surface area (Å²) in [6.45, 7) is 8.36. The fourth-order valence-electron chi connectivity index (χ4n) is 2.81. The quantitative estimate of drug-likeness (QED) is 0.873. The number of sulfonamides is 1. The van der Waals surface area contributed by atoms with Gasteiger partial charge in [0.2, 0.25) is 10.0 Å². The Morgan fingerprint density at radius 3 is 2.85 bits per heavy atom. The van der Waals surface area contributed by atoms with E-state index in [4.69, 9.17) is 0 Å². The van der Waals surface area contributed by atoms with Crippen LogP contribution in [0.5, 0.6) is 0 Å². The largest absolute Gasteiger partial charge is 0.363 e. The molecule has 6 heteroatoms. The smallest absolute Gasteiger partial charge is 0.244 e. The molecule has 2 atom stereocenters. The zero-order valence-corrected chi connectivity index (χ0v) is 13.3. The Kier molecular flexibility index (Phi) is 4.88. The van der Waals surface area contributed by atoms with Crippen LogP contribution < -0.4 is 5.32 Å². The van der Waals surface area contributed by atoms with Crippen molar-refractivity contribution < 1.29 is 8.42 Å². The number of hydrogen-bond acceptors (Lipinski definition) is 3. The maximum atomic E-state index is 12.7. The number of aromatic nitrogens is 1. The molecule has 2 heterocycles. The summed E-state index contributed by atoms with van der Waals surface area (Å²) in [7, 11) is -3.36. The summed E-state index contributed by atoms with van der Waals surface area (Å²) < 4.78 is 27.0. The fraction of sp³-hybridized carbons (Fsp3) is 0.714. The highest BCUT2D eigenvalue weighted by molar-refractivity contribution is 7.89. The lowest BCUT2D eigenvalue weighted by atomic mass is 9.95. The molecule has 1 saturated heterocycles. The molecule has 5 nitrogen and oxygen atoms in total. The Balaban J connectivity index is 2.15. The van der Waals surface area contributed by atoms with Crippen molar-refractivity contribution in [2.75, 3.05) is 13.1 Å². The molecule has 1 aromatic rings. The van der Waals surface area contributed by atoms with Gasteiger partial charge in [0, 0.05) is 31.0 Å². The first-order chi connectivity index (χ1) is 9.45. The Morgan fingerprint density at radius 1 is 1.45 bits per heavy atom. The molecule has 114 valence electrons. The Labute approximate surface area is 121 Å². The van der Waals surface area contributed by atoms with Gasteiger partial charge in [-0.2, -0.15) is 4.31 Å². The lowest BCUT2D eigenvalue weighted by Gasteiger charge is -2.35. The van der Waals surface area contributed by atoms with Crippen molar-refractivity contribution in [3.05, 3.63) is 18.0 Å². The molecular weight excluding hydrogens is 274 g/mol. The molecule has 2 rings (SSSR count). The molecule has 0 radical (unpaired) electrons. The van der Waals surface area contributed by atoms with Crippen molar-refractivity contribution in [3.8, 4) is 0 Å². The van der Waals surface area contributed by atoms with Gasteiger partial charge in [-0.25, -0.2) is 8.42 Å². The summed E-state index contributed by atoms with van der Waals surface area (Å²) in [5, 5.41) is 3.18. The van der Waals surface area contributed by atoms with Crippen LogP contribution in [0.15, 0.2) is 17.2 Å². The van der Waals surface area contributed by atoms with Crippen LogP contribution in [0.1, 0.15) is 39.3 Å². The summed E-state index contributed by atoms with van der Waals surface area (Å²) in [5.41, 5.74) is 0.906. The molecule has 1 aliphatic rings. The van der Waals surface area contributed by atoms with E-state index in [0.717, 1.165) is 25.1 Å². The fourth-order valence-corrected chi connectivity index (χ4v) is 4.48. The summed E-state index contributed by atoms with van der Waals surface area (Å²) >= 11 is 0. The molecule has 0 saturated carbocycles. The van der Waals surface area contributed by atoms with Gasteiger partial charge in [0.25, 0.3) is 0 Å². The zero-order valence-electron chi connectivity index (χ0n) is 12.5. The number of rotatable bonds is 5. The number of hydrogen-bond donors (Lipinski definition) is 2. The monoisotopic (exact) mass is 299 g/mol. The Hall–Kier alpha value is -0.850.